The first-order valence-electron chi connectivity index (χ1n) is 8.39. The topological polar surface area (TPSA) is 78.7 Å². The van der Waals surface area contributed by atoms with E-state index in [4.69, 9.17) is 23.2 Å². The zero-order valence-corrected chi connectivity index (χ0v) is 15.9. The largest absolute Gasteiger partial charge is 0.369 e. The van der Waals surface area contributed by atoms with Crippen molar-refractivity contribution in [3.8, 4) is 0 Å². The van der Waals surface area contributed by atoms with Gasteiger partial charge in [0, 0.05) is 44.0 Å². The summed E-state index contributed by atoms with van der Waals surface area (Å²) in [5.41, 5.74) is 1.52. The minimum Gasteiger partial charge on any atom is -0.369 e. The van der Waals surface area contributed by atoms with Crippen molar-refractivity contribution in [3.63, 3.8) is 0 Å². The SMILES string of the molecule is O=C(CN1CCN(c2ccc([N+](=O)[O-])cc2)CC1)Nc1cccc(Cl)c1Cl. The van der Waals surface area contributed by atoms with Gasteiger partial charge in [-0.05, 0) is 24.3 Å². The molecule has 0 aromatic heterocycles. The van der Waals surface area contributed by atoms with Gasteiger partial charge < -0.3 is 10.2 Å². The van der Waals surface area contributed by atoms with E-state index in [9.17, 15) is 14.9 Å². The highest BCUT2D eigenvalue weighted by Gasteiger charge is 2.20. The van der Waals surface area contributed by atoms with E-state index in [-0.39, 0.29) is 18.1 Å². The van der Waals surface area contributed by atoms with Crippen molar-refractivity contribution in [2.45, 2.75) is 0 Å². The van der Waals surface area contributed by atoms with Gasteiger partial charge in [-0.1, -0.05) is 29.3 Å². The van der Waals surface area contributed by atoms with E-state index in [0.29, 0.717) is 28.8 Å². The average molecular weight is 409 g/mol. The van der Waals surface area contributed by atoms with Crippen LogP contribution in [0.25, 0.3) is 0 Å². The van der Waals surface area contributed by atoms with E-state index in [2.05, 4.69) is 15.1 Å². The maximum absolute atomic E-state index is 12.3. The Bertz CT molecular complexity index is 837. The molecule has 3 rings (SSSR count). The van der Waals surface area contributed by atoms with Crippen molar-refractivity contribution in [2.75, 3.05) is 42.9 Å². The Morgan fingerprint density at radius 3 is 2.37 bits per heavy atom. The summed E-state index contributed by atoms with van der Waals surface area (Å²) in [5, 5.41) is 14.2. The molecule has 7 nitrogen and oxygen atoms in total. The molecule has 0 bridgehead atoms. The zero-order chi connectivity index (χ0) is 19.4. The zero-order valence-electron chi connectivity index (χ0n) is 14.4. The lowest BCUT2D eigenvalue weighted by molar-refractivity contribution is -0.384. The number of rotatable bonds is 5. The molecule has 0 spiro atoms. The Labute approximate surface area is 166 Å². The van der Waals surface area contributed by atoms with Gasteiger partial charge >= 0.3 is 0 Å². The minimum absolute atomic E-state index is 0.0775. The molecule has 0 atom stereocenters. The highest BCUT2D eigenvalue weighted by Crippen LogP contribution is 2.29. The van der Waals surface area contributed by atoms with Crippen LogP contribution in [0.5, 0.6) is 0 Å². The first kappa shape index (κ1) is 19.4. The monoisotopic (exact) mass is 408 g/mol. The second kappa shape index (κ2) is 8.56. The van der Waals surface area contributed by atoms with Crippen molar-refractivity contribution >= 4 is 46.2 Å². The van der Waals surface area contributed by atoms with E-state index in [0.717, 1.165) is 18.8 Å². The van der Waals surface area contributed by atoms with E-state index < -0.39 is 4.92 Å². The molecule has 1 aliphatic rings. The van der Waals surface area contributed by atoms with Crippen LogP contribution in [0.15, 0.2) is 42.5 Å². The standard InChI is InChI=1S/C18H18Cl2N4O3/c19-15-2-1-3-16(18(15)20)21-17(25)12-22-8-10-23(11-9-22)13-4-6-14(7-5-13)24(26)27/h1-7H,8-12H2,(H,21,25). The lowest BCUT2D eigenvalue weighted by Crippen LogP contribution is -2.48. The number of nitrogens with one attached hydrogen (secondary N) is 1. The summed E-state index contributed by atoms with van der Waals surface area (Å²) in [6.45, 7) is 3.17. The Morgan fingerprint density at radius 2 is 1.74 bits per heavy atom. The maximum atomic E-state index is 12.3. The molecular weight excluding hydrogens is 391 g/mol. The molecule has 2 aromatic rings. The molecule has 1 amide bonds. The van der Waals surface area contributed by atoms with Gasteiger partial charge in [0.15, 0.2) is 0 Å². The first-order chi connectivity index (χ1) is 12.9. The molecule has 0 saturated carbocycles. The summed E-state index contributed by atoms with van der Waals surface area (Å²) in [6.07, 6.45) is 0. The molecule has 27 heavy (non-hydrogen) atoms. The average Bonchev–Trinajstić information content (AvgIpc) is 2.66. The van der Waals surface area contributed by atoms with Crippen LogP contribution in [0, 0.1) is 10.1 Å². The number of carbonyl (C=O) groups excluding carboxylic acids is 1. The Kier molecular flexibility index (Phi) is 6.15. The van der Waals surface area contributed by atoms with Crippen LogP contribution in [0.3, 0.4) is 0 Å². The number of nitrogens with zero attached hydrogens (tertiary/aromatic N) is 3. The molecule has 1 saturated heterocycles. The van der Waals surface area contributed by atoms with Crippen molar-refractivity contribution in [1.82, 2.24) is 4.90 Å². The molecular formula is C18H18Cl2N4O3. The summed E-state index contributed by atoms with van der Waals surface area (Å²) in [4.78, 5) is 26.8. The molecule has 9 heteroatoms. The predicted octanol–water partition coefficient (Wildman–Crippen LogP) is 3.66. The molecule has 1 N–H and O–H groups in total. The second-order valence-electron chi connectivity index (χ2n) is 6.19. The molecule has 0 radical (unpaired) electrons. The van der Waals surface area contributed by atoms with Gasteiger partial charge in [0.25, 0.3) is 5.69 Å². The fourth-order valence-corrected chi connectivity index (χ4v) is 3.29. The molecule has 1 aliphatic heterocycles. The third-order valence-electron chi connectivity index (χ3n) is 4.39. The summed E-state index contributed by atoms with van der Waals surface area (Å²) in [7, 11) is 0. The maximum Gasteiger partial charge on any atom is 0.269 e. The minimum atomic E-state index is -0.410. The molecule has 1 fully saturated rings. The van der Waals surface area contributed by atoms with Gasteiger partial charge in [0.1, 0.15) is 0 Å². The fourth-order valence-electron chi connectivity index (χ4n) is 2.94. The van der Waals surface area contributed by atoms with Crippen LogP contribution in [-0.4, -0.2) is 48.5 Å². The Balaban J connectivity index is 1.51. The van der Waals surface area contributed by atoms with Crippen LogP contribution < -0.4 is 10.2 Å². The smallest absolute Gasteiger partial charge is 0.269 e. The molecule has 2 aromatic carbocycles. The van der Waals surface area contributed by atoms with Crippen molar-refractivity contribution in [1.29, 1.82) is 0 Å². The first-order valence-corrected chi connectivity index (χ1v) is 9.15. The lowest BCUT2D eigenvalue weighted by atomic mass is 10.2. The number of halogens is 2. The number of anilines is 2. The number of hydrogen-bond donors (Lipinski definition) is 1. The number of non-ortho nitro benzene ring substituents is 1. The van der Waals surface area contributed by atoms with Crippen molar-refractivity contribution < 1.29 is 9.72 Å². The van der Waals surface area contributed by atoms with Gasteiger partial charge in [0.05, 0.1) is 27.2 Å². The van der Waals surface area contributed by atoms with Crippen LogP contribution in [0.1, 0.15) is 0 Å². The molecule has 0 aliphatic carbocycles. The van der Waals surface area contributed by atoms with E-state index in [1.54, 1.807) is 30.3 Å². The Morgan fingerprint density at radius 1 is 1.07 bits per heavy atom. The van der Waals surface area contributed by atoms with Gasteiger partial charge in [0.2, 0.25) is 5.91 Å². The van der Waals surface area contributed by atoms with Crippen LogP contribution in [-0.2, 0) is 4.79 Å². The second-order valence-corrected chi connectivity index (χ2v) is 6.97. The van der Waals surface area contributed by atoms with Crippen LogP contribution in [0.4, 0.5) is 17.1 Å². The fraction of sp³-hybridized carbons (Fsp3) is 0.278. The van der Waals surface area contributed by atoms with Crippen LogP contribution in [0.2, 0.25) is 10.0 Å². The normalized spacial score (nSPS) is 14.8. The summed E-state index contributed by atoms with van der Waals surface area (Å²) >= 11 is 12.0. The van der Waals surface area contributed by atoms with E-state index in [1.165, 1.54) is 12.1 Å². The van der Waals surface area contributed by atoms with E-state index >= 15 is 0 Å². The number of benzene rings is 2. The number of hydrogen-bond acceptors (Lipinski definition) is 5. The summed E-state index contributed by atoms with van der Waals surface area (Å²) < 4.78 is 0. The number of piperazine rings is 1. The van der Waals surface area contributed by atoms with Gasteiger partial charge in [-0.2, -0.15) is 0 Å². The number of nitro groups is 1. The third kappa shape index (κ3) is 4.88. The molecule has 142 valence electrons. The number of carbonyl (C=O) groups is 1. The van der Waals surface area contributed by atoms with Gasteiger partial charge in [-0.3, -0.25) is 19.8 Å². The third-order valence-corrected chi connectivity index (χ3v) is 5.21. The predicted molar refractivity (Wildman–Crippen MR) is 107 cm³/mol. The quantitative estimate of drug-likeness (QED) is 0.602. The van der Waals surface area contributed by atoms with Gasteiger partial charge in [-0.25, -0.2) is 0 Å². The van der Waals surface area contributed by atoms with Crippen molar-refractivity contribution in [2.24, 2.45) is 0 Å². The summed E-state index contributed by atoms with van der Waals surface area (Å²) in [6, 6.07) is 11.6. The van der Waals surface area contributed by atoms with Gasteiger partial charge in [-0.15, -0.1) is 0 Å². The molecule has 1 heterocycles. The molecule has 0 unspecified atom stereocenters. The number of nitro benzene ring substituents is 1. The highest BCUT2D eigenvalue weighted by molar-refractivity contribution is 6.44. The Hall–Kier alpha value is -2.35. The van der Waals surface area contributed by atoms with E-state index in [1.807, 2.05) is 0 Å². The number of amides is 1. The highest BCUT2D eigenvalue weighted by atomic mass is 35.5. The summed E-state index contributed by atoms with van der Waals surface area (Å²) in [5.74, 6) is -0.150. The van der Waals surface area contributed by atoms with Crippen molar-refractivity contribution in [3.05, 3.63) is 62.6 Å². The van der Waals surface area contributed by atoms with Crippen LogP contribution >= 0.6 is 23.2 Å². The lowest BCUT2D eigenvalue weighted by Gasteiger charge is -2.35.